The Morgan fingerprint density at radius 1 is 1.21 bits per heavy atom. The first kappa shape index (κ1) is 14.1. The van der Waals surface area contributed by atoms with Crippen LogP contribution in [-0.2, 0) is 4.74 Å². The third-order valence-corrected chi connectivity index (χ3v) is 3.46. The van der Waals surface area contributed by atoms with Crippen molar-refractivity contribution in [3.05, 3.63) is 36.4 Å². The van der Waals surface area contributed by atoms with Gasteiger partial charge in [-0.05, 0) is 30.5 Å². The van der Waals surface area contributed by atoms with E-state index in [0.717, 1.165) is 24.2 Å². The summed E-state index contributed by atoms with van der Waals surface area (Å²) in [5.74, 6) is 0.250. The van der Waals surface area contributed by atoms with Crippen molar-refractivity contribution in [1.29, 1.82) is 0 Å². The second kappa shape index (κ2) is 6.25. The van der Waals surface area contributed by atoms with Crippen LogP contribution in [0.4, 0.5) is 0 Å². The molecule has 1 aliphatic carbocycles. The highest BCUT2D eigenvalue weighted by atomic mass is 16.7. The van der Waals surface area contributed by atoms with Crippen LogP contribution in [0.5, 0.6) is 5.75 Å². The quantitative estimate of drug-likeness (QED) is 0.708. The molecule has 1 aromatic carbocycles. The normalized spacial score (nSPS) is 17.2. The number of hydrogen-bond acceptors (Lipinski definition) is 2. The summed E-state index contributed by atoms with van der Waals surface area (Å²) >= 11 is 0. The molecule has 104 valence electrons. The molecule has 0 unspecified atom stereocenters. The van der Waals surface area contributed by atoms with E-state index in [-0.39, 0.29) is 0 Å². The standard InChI is InChI=1S/C17H24O2/c1-4-14-9-8-12-16(13-14)19-17(2,3)18-15-10-6-5-7-11-15/h4,8-9,12-13,15H,1,5-7,10-11H2,2-3H3. The van der Waals surface area contributed by atoms with Crippen molar-refractivity contribution in [3.8, 4) is 5.75 Å². The van der Waals surface area contributed by atoms with Gasteiger partial charge >= 0.3 is 0 Å². The topological polar surface area (TPSA) is 18.5 Å². The number of rotatable bonds is 5. The molecule has 0 aromatic heterocycles. The van der Waals surface area contributed by atoms with Crippen LogP contribution in [-0.4, -0.2) is 11.9 Å². The minimum Gasteiger partial charge on any atom is -0.463 e. The van der Waals surface area contributed by atoms with Crippen LogP contribution in [0.15, 0.2) is 30.8 Å². The van der Waals surface area contributed by atoms with Crippen molar-refractivity contribution < 1.29 is 9.47 Å². The van der Waals surface area contributed by atoms with E-state index in [1.165, 1.54) is 19.3 Å². The van der Waals surface area contributed by atoms with Gasteiger partial charge in [-0.1, -0.05) is 44.1 Å². The first-order valence-corrected chi connectivity index (χ1v) is 7.18. The maximum atomic E-state index is 6.11. The largest absolute Gasteiger partial charge is 0.463 e. The summed E-state index contributed by atoms with van der Waals surface area (Å²) in [6, 6.07) is 7.93. The molecular weight excluding hydrogens is 236 g/mol. The summed E-state index contributed by atoms with van der Waals surface area (Å²) in [5.41, 5.74) is 1.06. The molecule has 1 saturated carbocycles. The van der Waals surface area contributed by atoms with Gasteiger partial charge in [-0.15, -0.1) is 0 Å². The molecule has 0 radical (unpaired) electrons. The maximum Gasteiger partial charge on any atom is 0.205 e. The first-order chi connectivity index (χ1) is 9.09. The highest BCUT2D eigenvalue weighted by molar-refractivity contribution is 5.49. The van der Waals surface area contributed by atoms with Gasteiger partial charge in [0.05, 0.1) is 6.10 Å². The molecule has 0 N–H and O–H groups in total. The zero-order valence-corrected chi connectivity index (χ0v) is 12.0. The lowest BCUT2D eigenvalue weighted by Crippen LogP contribution is -2.37. The predicted molar refractivity (Wildman–Crippen MR) is 79.2 cm³/mol. The Kier molecular flexibility index (Phi) is 4.65. The Labute approximate surface area is 116 Å². The smallest absolute Gasteiger partial charge is 0.205 e. The van der Waals surface area contributed by atoms with Crippen molar-refractivity contribution in [3.63, 3.8) is 0 Å². The highest BCUT2D eigenvalue weighted by Gasteiger charge is 2.26. The molecule has 0 amide bonds. The number of ether oxygens (including phenoxy) is 2. The molecule has 0 heterocycles. The van der Waals surface area contributed by atoms with Crippen molar-refractivity contribution in [2.45, 2.75) is 57.8 Å². The summed E-state index contributed by atoms with van der Waals surface area (Å²) in [6.45, 7) is 7.75. The Balaban J connectivity index is 1.96. The third-order valence-electron chi connectivity index (χ3n) is 3.46. The summed E-state index contributed by atoms with van der Waals surface area (Å²) in [5, 5.41) is 0. The minimum absolute atomic E-state index is 0.339. The van der Waals surface area contributed by atoms with Gasteiger partial charge in [0.25, 0.3) is 0 Å². The van der Waals surface area contributed by atoms with Gasteiger partial charge < -0.3 is 9.47 Å². The maximum absolute atomic E-state index is 6.11. The fourth-order valence-corrected chi connectivity index (χ4v) is 2.60. The molecule has 1 aliphatic rings. The minimum atomic E-state index is -0.582. The summed E-state index contributed by atoms with van der Waals surface area (Å²) in [4.78, 5) is 0. The van der Waals surface area contributed by atoms with Crippen LogP contribution in [0, 0.1) is 0 Å². The van der Waals surface area contributed by atoms with Crippen molar-refractivity contribution in [2.24, 2.45) is 0 Å². The van der Waals surface area contributed by atoms with E-state index >= 15 is 0 Å². The second-order valence-electron chi connectivity index (χ2n) is 5.66. The summed E-state index contributed by atoms with van der Waals surface area (Å²) in [6.07, 6.45) is 8.34. The van der Waals surface area contributed by atoms with Crippen molar-refractivity contribution >= 4 is 6.08 Å². The number of benzene rings is 1. The second-order valence-corrected chi connectivity index (χ2v) is 5.66. The first-order valence-electron chi connectivity index (χ1n) is 7.18. The Morgan fingerprint density at radius 3 is 2.63 bits per heavy atom. The lowest BCUT2D eigenvalue weighted by molar-refractivity contribution is -0.193. The van der Waals surface area contributed by atoms with E-state index < -0.39 is 5.79 Å². The van der Waals surface area contributed by atoms with Crippen LogP contribution in [0.1, 0.15) is 51.5 Å². The van der Waals surface area contributed by atoms with Gasteiger partial charge in [-0.2, -0.15) is 0 Å². The molecule has 2 nitrogen and oxygen atoms in total. The molecule has 1 fully saturated rings. The van der Waals surface area contributed by atoms with Crippen LogP contribution in [0.3, 0.4) is 0 Å². The molecule has 0 saturated heterocycles. The molecular formula is C17H24O2. The molecule has 2 rings (SSSR count). The van der Waals surface area contributed by atoms with Gasteiger partial charge in [-0.3, -0.25) is 0 Å². The lowest BCUT2D eigenvalue weighted by atomic mass is 9.97. The van der Waals surface area contributed by atoms with E-state index in [2.05, 4.69) is 6.58 Å². The fourth-order valence-electron chi connectivity index (χ4n) is 2.60. The van der Waals surface area contributed by atoms with Crippen LogP contribution < -0.4 is 4.74 Å². The fraction of sp³-hybridized carbons (Fsp3) is 0.529. The Hall–Kier alpha value is -1.28. The molecule has 0 atom stereocenters. The predicted octanol–water partition coefficient (Wildman–Crippen LogP) is 4.79. The third kappa shape index (κ3) is 4.39. The van der Waals surface area contributed by atoms with Crippen molar-refractivity contribution in [1.82, 2.24) is 0 Å². The van der Waals surface area contributed by atoms with E-state index in [1.807, 2.05) is 44.2 Å². The van der Waals surface area contributed by atoms with Gasteiger partial charge in [0.2, 0.25) is 5.79 Å². The average Bonchev–Trinajstić information content (AvgIpc) is 2.39. The molecule has 0 bridgehead atoms. The van der Waals surface area contributed by atoms with E-state index in [1.54, 1.807) is 0 Å². The van der Waals surface area contributed by atoms with E-state index in [0.29, 0.717) is 6.10 Å². The Morgan fingerprint density at radius 2 is 1.95 bits per heavy atom. The molecule has 1 aromatic rings. The summed E-state index contributed by atoms with van der Waals surface area (Å²) < 4.78 is 12.1. The molecule has 2 heteroatoms. The Bertz CT molecular complexity index is 417. The zero-order chi connectivity index (χ0) is 13.7. The van der Waals surface area contributed by atoms with Gasteiger partial charge in [0, 0.05) is 13.8 Å². The molecule has 0 spiro atoms. The SMILES string of the molecule is C=Cc1cccc(OC(C)(C)OC2CCCCC2)c1. The zero-order valence-electron chi connectivity index (χ0n) is 12.0. The van der Waals surface area contributed by atoms with Crippen LogP contribution >= 0.6 is 0 Å². The average molecular weight is 260 g/mol. The molecule has 19 heavy (non-hydrogen) atoms. The van der Waals surface area contributed by atoms with Gasteiger partial charge in [0.1, 0.15) is 5.75 Å². The van der Waals surface area contributed by atoms with E-state index in [4.69, 9.17) is 9.47 Å². The monoisotopic (exact) mass is 260 g/mol. The number of hydrogen-bond donors (Lipinski definition) is 0. The lowest BCUT2D eigenvalue weighted by Gasteiger charge is -2.33. The van der Waals surface area contributed by atoms with Crippen LogP contribution in [0.25, 0.3) is 6.08 Å². The van der Waals surface area contributed by atoms with Gasteiger partial charge in [0.15, 0.2) is 0 Å². The van der Waals surface area contributed by atoms with Gasteiger partial charge in [-0.25, -0.2) is 0 Å². The summed E-state index contributed by atoms with van der Waals surface area (Å²) in [7, 11) is 0. The van der Waals surface area contributed by atoms with Crippen LogP contribution in [0.2, 0.25) is 0 Å². The highest BCUT2D eigenvalue weighted by Crippen LogP contribution is 2.27. The van der Waals surface area contributed by atoms with E-state index in [9.17, 15) is 0 Å². The van der Waals surface area contributed by atoms with Crippen molar-refractivity contribution in [2.75, 3.05) is 0 Å². The molecule has 0 aliphatic heterocycles.